The predicted octanol–water partition coefficient (Wildman–Crippen LogP) is 2.44. The molecule has 0 saturated carbocycles. The third-order valence-corrected chi connectivity index (χ3v) is 3.37. The second kappa shape index (κ2) is 4.64. The number of pyridine rings is 1. The minimum Gasteiger partial charge on any atom is -0.356 e. The van der Waals surface area contributed by atoms with Crippen LogP contribution >= 0.6 is 0 Å². The summed E-state index contributed by atoms with van der Waals surface area (Å²) >= 11 is 0. The van der Waals surface area contributed by atoms with Crippen LogP contribution in [0.3, 0.4) is 0 Å². The SMILES string of the molecule is CCC1CCN(c2ncc(C=O)cc2C)C1. The molecular weight excluding hydrogens is 200 g/mol. The second-order valence-electron chi connectivity index (χ2n) is 4.54. The summed E-state index contributed by atoms with van der Waals surface area (Å²) in [5.74, 6) is 1.84. The first-order valence-corrected chi connectivity index (χ1v) is 5.91. The molecule has 0 aliphatic carbocycles. The van der Waals surface area contributed by atoms with Crippen LogP contribution in [0.25, 0.3) is 0 Å². The zero-order chi connectivity index (χ0) is 11.5. The fourth-order valence-corrected chi connectivity index (χ4v) is 2.34. The van der Waals surface area contributed by atoms with Crippen LogP contribution in [-0.2, 0) is 0 Å². The van der Waals surface area contributed by atoms with Crippen molar-refractivity contribution in [2.75, 3.05) is 18.0 Å². The van der Waals surface area contributed by atoms with Crippen LogP contribution in [-0.4, -0.2) is 24.4 Å². The van der Waals surface area contributed by atoms with Gasteiger partial charge in [-0.3, -0.25) is 4.79 Å². The van der Waals surface area contributed by atoms with Crippen LogP contribution in [0, 0.1) is 12.8 Å². The molecule has 0 aromatic carbocycles. The summed E-state index contributed by atoms with van der Waals surface area (Å²) in [5.41, 5.74) is 1.76. The Bertz CT molecular complexity index is 390. The second-order valence-corrected chi connectivity index (χ2v) is 4.54. The fourth-order valence-electron chi connectivity index (χ4n) is 2.34. The van der Waals surface area contributed by atoms with Gasteiger partial charge in [0.2, 0.25) is 0 Å². The first kappa shape index (κ1) is 11.1. The van der Waals surface area contributed by atoms with Gasteiger partial charge in [0, 0.05) is 24.8 Å². The van der Waals surface area contributed by atoms with Crippen molar-refractivity contribution >= 4 is 12.1 Å². The summed E-state index contributed by atoms with van der Waals surface area (Å²) in [7, 11) is 0. The normalized spacial score (nSPS) is 20.1. The topological polar surface area (TPSA) is 33.2 Å². The number of anilines is 1. The standard InChI is InChI=1S/C13H18N2O/c1-3-11-4-5-15(8-11)13-10(2)6-12(9-16)7-14-13/h6-7,9,11H,3-5,8H2,1-2H3. The molecule has 0 radical (unpaired) electrons. The maximum absolute atomic E-state index is 10.6. The monoisotopic (exact) mass is 218 g/mol. The van der Waals surface area contributed by atoms with Gasteiger partial charge in [-0.25, -0.2) is 4.98 Å². The van der Waals surface area contributed by atoms with Crippen molar-refractivity contribution in [2.24, 2.45) is 5.92 Å². The van der Waals surface area contributed by atoms with Crippen LogP contribution < -0.4 is 4.90 Å². The van der Waals surface area contributed by atoms with Crippen molar-refractivity contribution in [1.82, 2.24) is 4.98 Å². The summed E-state index contributed by atoms with van der Waals surface area (Å²) in [5, 5.41) is 0. The number of aryl methyl sites for hydroxylation is 1. The molecule has 2 heterocycles. The van der Waals surface area contributed by atoms with Gasteiger partial charge >= 0.3 is 0 Å². The minimum absolute atomic E-state index is 0.660. The first-order valence-electron chi connectivity index (χ1n) is 5.91. The van der Waals surface area contributed by atoms with Gasteiger partial charge in [0.1, 0.15) is 5.82 Å². The number of nitrogens with zero attached hydrogens (tertiary/aromatic N) is 2. The molecule has 2 rings (SSSR count). The number of aldehydes is 1. The molecule has 1 aromatic rings. The van der Waals surface area contributed by atoms with E-state index in [0.717, 1.165) is 36.7 Å². The Morgan fingerprint density at radius 1 is 1.62 bits per heavy atom. The van der Waals surface area contributed by atoms with Crippen LogP contribution in [0.5, 0.6) is 0 Å². The van der Waals surface area contributed by atoms with Crippen molar-refractivity contribution in [3.8, 4) is 0 Å². The highest BCUT2D eigenvalue weighted by Gasteiger charge is 2.22. The summed E-state index contributed by atoms with van der Waals surface area (Å²) in [6, 6.07) is 1.91. The van der Waals surface area contributed by atoms with E-state index >= 15 is 0 Å². The highest BCUT2D eigenvalue weighted by atomic mass is 16.1. The molecule has 86 valence electrons. The Balaban J connectivity index is 2.18. The number of rotatable bonds is 3. The van der Waals surface area contributed by atoms with E-state index < -0.39 is 0 Å². The van der Waals surface area contributed by atoms with E-state index in [-0.39, 0.29) is 0 Å². The number of aromatic nitrogens is 1. The lowest BCUT2D eigenvalue weighted by Crippen LogP contribution is -2.21. The molecule has 16 heavy (non-hydrogen) atoms. The number of hydrogen-bond donors (Lipinski definition) is 0. The van der Waals surface area contributed by atoms with Crippen LogP contribution in [0.4, 0.5) is 5.82 Å². The van der Waals surface area contributed by atoms with Gasteiger partial charge in [0.15, 0.2) is 6.29 Å². The Labute approximate surface area is 96.5 Å². The molecule has 1 aliphatic rings. The van der Waals surface area contributed by atoms with E-state index in [2.05, 4.69) is 16.8 Å². The third kappa shape index (κ3) is 2.08. The van der Waals surface area contributed by atoms with Crippen molar-refractivity contribution in [3.05, 3.63) is 23.4 Å². The molecule has 0 bridgehead atoms. The van der Waals surface area contributed by atoms with Crippen molar-refractivity contribution in [3.63, 3.8) is 0 Å². The highest BCUT2D eigenvalue weighted by Crippen LogP contribution is 2.26. The van der Waals surface area contributed by atoms with Gasteiger partial charge in [0.05, 0.1) is 0 Å². The lowest BCUT2D eigenvalue weighted by molar-refractivity contribution is 0.112. The molecule has 0 spiro atoms. The lowest BCUT2D eigenvalue weighted by atomic mass is 10.1. The van der Waals surface area contributed by atoms with E-state index in [9.17, 15) is 4.79 Å². The van der Waals surface area contributed by atoms with Crippen LogP contribution in [0.1, 0.15) is 35.7 Å². The summed E-state index contributed by atoms with van der Waals surface area (Å²) in [6.07, 6.45) is 5.01. The van der Waals surface area contributed by atoms with E-state index in [0.29, 0.717) is 5.56 Å². The zero-order valence-electron chi connectivity index (χ0n) is 9.94. The number of carbonyl (C=O) groups is 1. The average Bonchev–Trinajstić information content (AvgIpc) is 2.77. The number of hydrogen-bond acceptors (Lipinski definition) is 3. The Hall–Kier alpha value is -1.38. The molecule has 1 aromatic heterocycles. The molecule has 0 N–H and O–H groups in total. The smallest absolute Gasteiger partial charge is 0.151 e. The quantitative estimate of drug-likeness (QED) is 0.731. The molecule has 1 unspecified atom stereocenters. The highest BCUT2D eigenvalue weighted by molar-refractivity contribution is 5.75. The van der Waals surface area contributed by atoms with Gasteiger partial charge in [-0.2, -0.15) is 0 Å². The van der Waals surface area contributed by atoms with Crippen LogP contribution in [0.15, 0.2) is 12.3 Å². The molecule has 0 amide bonds. The van der Waals surface area contributed by atoms with Gasteiger partial charge < -0.3 is 4.90 Å². The Morgan fingerprint density at radius 3 is 3.00 bits per heavy atom. The molecular formula is C13H18N2O. The Morgan fingerprint density at radius 2 is 2.44 bits per heavy atom. The summed E-state index contributed by atoms with van der Waals surface area (Å²) in [6.45, 7) is 6.45. The number of carbonyl (C=O) groups excluding carboxylic acids is 1. The van der Waals surface area contributed by atoms with Crippen molar-refractivity contribution < 1.29 is 4.79 Å². The summed E-state index contributed by atoms with van der Waals surface area (Å²) < 4.78 is 0. The zero-order valence-corrected chi connectivity index (χ0v) is 9.94. The minimum atomic E-state index is 0.660. The van der Waals surface area contributed by atoms with Gasteiger partial charge in [-0.05, 0) is 30.9 Å². The van der Waals surface area contributed by atoms with E-state index in [1.807, 2.05) is 13.0 Å². The van der Waals surface area contributed by atoms with E-state index in [1.165, 1.54) is 12.8 Å². The molecule has 1 atom stereocenters. The van der Waals surface area contributed by atoms with Crippen molar-refractivity contribution in [2.45, 2.75) is 26.7 Å². The van der Waals surface area contributed by atoms with Gasteiger partial charge in [-0.15, -0.1) is 0 Å². The lowest BCUT2D eigenvalue weighted by Gasteiger charge is -2.19. The van der Waals surface area contributed by atoms with Gasteiger partial charge in [0.25, 0.3) is 0 Å². The third-order valence-electron chi connectivity index (χ3n) is 3.37. The molecule has 1 aliphatic heterocycles. The molecule has 3 nitrogen and oxygen atoms in total. The van der Waals surface area contributed by atoms with E-state index in [1.54, 1.807) is 6.20 Å². The first-order chi connectivity index (χ1) is 7.74. The average molecular weight is 218 g/mol. The molecule has 1 saturated heterocycles. The Kier molecular flexibility index (Phi) is 3.22. The maximum atomic E-state index is 10.6. The van der Waals surface area contributed by atoms with Crippen LogP contribution in [0.2, 0.25) is 0 Å². The summed E-state index contributed by atoms with van der Waals surface area (Å²) in [4.78, 5) is 17.4. The molecule has 1 fully saturated rings. The predicted molar refractivity (Wildman–Crippen MR) is 65.0 cm³/mol. The largest absolute Gasteiger partial charge is 0.356 e. The van der Waals surface area contributed by atoms with Gasteiger partial charge in [-0.1, -0.05) is 13.3 Å². The fraction of sp³-hybridized carbons (Fsp3) is 0.538. The van der Waals surface area contributed by atoms with E-state index in [4.69, 9.17) is 0 Å². The molecule has 3 heteroatoms. The van der Waals surface area contributed by atoms with Crippen molar-refractivity contribution in [1.29, 1.82) is 0 Å². The maximum Gasteiger partial charge on any atom is 0.151 e.